The van der Waals surface area contributed by atoms with Gasteiger partial charge < -0.3 is 19.3 Å². The van der Waals surface area contributed by atoms with Crippen molar-refractivity contribution in [3.05, 3.63) is 53.0 Å². The molecule has 1 N–H and O–H groups in total. The molecule has 6 nitrogen and oxygen atoms in total. The zero-order valence-corrected chi connectivity index (χ0v) is 18.1. The number of carbonyl (C=O) groups is 1. The highest BCUT2D eigenvalue weighted by molar-refractivity contribution is 7.16. The zero-order valence-electron chi connectivity index (χ0n) is 16.1. The van der Waals surface area contributed by atoms with Gasteiger partial charge >= 0.3 is 12.3 Å². The molecule has 0 fully saturated rings. The van der Waals surface area contributed by atoms with Crippen LogP contribution in [0, 0.1) is 6.92 Å². The first-order valence-corrected chi connectivity index (χ1v) is 10.2. The van der Waals surface area contributed by atoms with Gasteiger partial charge in [-0.15, -0.1) is 24.5 Å². The topological polar surface area (TPSA) is 77.9 Å². The van der Waals surface area contributed by atoms with Crippen LogP contribution < -0.4 is 18.8 Å². The predicted octanol–water partition coefficient (Wildman–Crippen LogP) is 3.85. The highest BCUT2D eigenvalue weighted by Crippen LogP contribution is 2.29. The molecule has 0 spiro atoms. The number of carboxylic acid groups (broad SMARTS) is 1. The van der Waals surface area contributed by atoms with E-state index in [-0.39, 0.29) is 12.4 Å². The molecule has 3 rings (SSSR count). The van der Waals surface area contributed by atoms with Crippen LogP contribution in [-0.4, -0.2) is 45.3 Å². The molecule has 0 saturated heterocycles. The summed E-state index contributed by atoms with van der Waals surface area (Å²) in [5.41, 5.74) is 1.44. The number of aliphatic carboxylic acids is 1. The molecule has 1 aromatic heterocycles. The van der Waals surface area contributed by atoms with E-state index < -0.39 is 18.9 Å². The first-order chi connectivity index (χ1) is 14.6. The van der Waals surface area contributed by atoms with Crippen LogP contribution in [0.2, 0.25) is 0 Å². The fourth-order valence-electron chi connectivity index (χ4n) is 2.61. The van der Waals surface area contributed by atoms with Crippen LogP contribution in [0.3, 0.4) is 0 Å². The number of nitrogens with zero attached hydrogens (tertiary/aromatic N) is 1. The van der Waals surface area contributed by atoms with Crippen molar-refractivity contribution < 1.29 is 37.3 Å². The SMILES string of the molecule is Cc1cc(OCc2n[c]([Al])c(-c3ccc(OC(F)(F)F)cc3)s2)ccc1OCC(=O)O. The summed E-state index contributed by atoms with van der Waals surface area (Å²) < 4.78 is 52.4. The van der Waals surface area contributed by atoms with Crippen molar-refractivity contribution in [3.63, 3.8) is 0 Å². The molecule has 31 heavy (non-hydrogen) atoms. The van der Waals surface area contributed by atoms with Gasteiger partial charge in [-0.2, -0.15) is 0 Å². The summed E-state index contributed by atoms with van der Waals surface area (Å²) in [5.74, 6) is -0.330. The van der Waals surface area contributed by atoms with Crippen molar-refractivity contribution in [2.75, 3.05) is 6.61 Å². The van der Waals surface area contributed by atoms with Crippen LogP contribution >= 0.6 is 11.3 Å². The van der Waals surface area contributed by atoms with Gasteiger partial charge in [0.05, 0.1) is 0 Å². The quantitative estimate of drug-likeness (QED) is 0.510. The van der Waals surface area contributed by atoms with Gasteiger partial charge in [0.1, 0.15) is 28.9 Å². The highest BCUT2D eigenvalue weighted by atomic mass is 32.1. The number of halogens is 3. The van der Waals surface area contributed by atoms with Crippen LogP contribution in [0.25, 0.3) is 10.4 Å². The Morgan fingerprint density at radius 3 is 2.42 bits per heavy atom. The maximum Gasteiger partial charge on any atom is 0.573 e. The minimum absolute atomic E-state index is 0.191. The third-order valence-electron chi connectivity index (χ3n) is 3.91. The summed E-state index contributed by atoms with van der Waals surface area (Å²) in [7, 11) is 0. The van der Waals surface area contributed by atoms with Crippen LogP contribution in [0.1, 0.15) is 10.6 Å². The van der Waals surface area contributed by atoms with E-state index in [4.69, 9.17) is 14.6 Å². The molecule has 2 aromatic carbocycles. The minimum atomic E-state index is -4.73. The number of hydrogen-bond acceptors (Lipinski definition) is 6. The van der Waals surface area contributed by atoms with E-state index in [1.165, 1.54) is 35.6 Å². The number of thiazole rings is 1. The Balaban J connectivity index is 1.65. The molecule has 0 aliphatic heterocycles. The Bertz CT molecular complexity index is 1070. The van der Waals surface area contributed by atoms with E-state index in [0.29, 0.717) is 26.6 Å². The number of carboxylic acids is 1. The van der Waals surface area contributed by atoms with Crippen LogP contribution in [0.5, 0.6) is 17.2 Å². The molecule has 0 saturated carbocycles. The van der Waals surface area contributed by atoms with Gasteiger partial charge in [-0.25, -0.2) is 4.79 Å². The lowest BCUT2D eigenvalue weighted by atomic mass is 10.2. The third kappa shape index (κ3) is 6.62. The van der Waals surface area contributed by atoms with Crippen LogP contribution in [0.15, 0.2) is 42.5 Å². The number of aryl methyl sites for hydroxylation is 1. The molecule has 2 radical (unpaired) electrons. The number of rotatable bonds is 8. The van der Waals surface area contributed by atoms with Gasteiger partial charge in [0.2, 0.25) is 16.3 Å². The van der Waals surface area contributed by atoms with Crippen LogP contribution in [0.4, 0.5) is 13.2 Å². The maximum absolute atomic E-state index is 12.3. The summed E-state index contributed by atoms with van der Waals surface area (Å²) in [6, 6.07) is 10.6. The Labute approximate surface area is 187 Å². The van der Waals surface area contributed by atoms with Gasteiger partial charge in [0, 0.05) is 4.88 Å². The molecule has 0 bridgehead atoms. The molecular weight excluding hydrogens is 450 g/mol. The molecule has 3 aromatic rings. The Morgan fingerprint density at radius 1 is 1.13 bits per heavy atom. The van der Waals surface area contributed by atoms with Crippen molar-refractivity contribution in [3.8, 4) is 27.7 Å². The minimum Gasteiger partial charge on any atom is -0.486 e. The zero-order chi connectivity index (χ0) is 22.6. The van der Waals surface area contributed by atoms with E-state index >= 15 is 0 Å². The fraction of sp³-hybridized carbons (Fsp3) is 0.200. The Kier molecular flexibility index (Phi) is 7.10. The molecule has 160 valence electrons. The second kappa shape index (κ2) is 9.60. The monoisotopic (exact) mass is 465 g/mol. The van der Waals surface area contributed by atoms with E-state index in [1.54, 1.807) is 25.1 Å². The molecule has 0 aliphatic rings. The van der Waals surface area contributed by atoms with Crippen molar-refractivity contribution in [1.82, 2.24) is 4.98 Å². The van der Waals surface area contributed by atoms with Gasteiger partial charge in [-0.1, -0.05) is 0 Å². The van der Waals surface area contributed by atoms with Crippen molar-refractivity contribution in [1.29, 1.82) is 0 Å². The van der Waals surface area contributed by atoms with Gasteiger partial charge in [-0.3, -0.25) is 4.98 Å². The summed E-state index contributed by atoms with van der Waals surface area (Å²) in [6.07, 6.45) is -4.73. The standard InChI is InChI=1S/C20H15F3NO5S.Al/c1-12-8-15(6-7-16(12)28-11-19(25)26)27-10-18-24-9-17(30-18)13-2-4-14(5-3-13)29-20(21,22)23;/h2-8H,10-11H2,1H3,(H,25,26);. The summed E-state index contributed by atoms with van der Waals surface area (Å²) in [4.78, 5) is 15.8. The molecule has 1 heterocycles. The molecular formula is C20H15AlF3NO5S. The fourth-order valence-corrected chi connectivity index (χ4v) is 4.11. The lowest BCUT2D eigenvalue weighted by Crippen LogP contribution is -2.17. The van der Waals surface area contributed by atoms with Crippen molar-refractivity contribution >= 4 is 38.2 Å². The van der Waals surface area contributed by atoms with Crippen LogP contribution in [-0.2, 0) is 11.4 Å². The number of benzene rings is 2. The Hall–Kier alpha value is -2.74. The summed E-state index contributed by atoms with van der Waals surface area (Å²) in [6.45, 7) is 1.54. The van der Waals surface area contributed by atoms with E-state index in [9.17, 15) is 18.0 Å². The first kappa shape index (κ1) is 22.9. The Morgan fingerprint density at radius 2 is 1.81 bits per heavy atom. The number of ether oxygens (including phenoxy) is 3. The van der Waals surface area contributed by atoms with E-state index in [1.807, 2.05) is 0 Å². The molecule has 0 atom stereocenters. The van der Waals surface area contributed by atoms with E-state index in [2.05, 4.69) is 26.0 Å². The van der Waals surface area contributed by atoms with E-state index in [0.717, 1.165) is 10.4 Å². The second-order valence-corrected chi connectivity index (χ2v) is 7.92. The largest absolute Gasteiger partial charge is 0.573 e. The van der Waals surface area contributed by atoms with Gasteiger partial charge in [0.15, 0.2) is 6.61 Å². The smallest absolute Gasteiger partial charge is 0.486 e. The lowest BCUT2D eigenvalue weighted by Gasteiger charge is -2.10. The second-order valence-electron chi connectivity index (χ2n) is 6.29. The average molecular weight is 465 g/mol. The molecule has 11 heteroatoms. The van der Waals surface area contributed by atoms with Gasteiger partial charge in [0.25, 0.3) is 0 Å². The average Bonchev–Trinajstić information content (AvgIpc) is 3.05. The van der Waals surface area contributed by atoms with Crippen molar-refractivity contribution in [2.24, 2.45) is 0 Å². The van der Waals surface area contributed by atoms with Gasteiger partial charge in [-0.05, 0) is 65.1 Å². The van der Waals surface area contributed by atoms with Crippen molar-refractivity contribution in [2.45, 2.75) is 19.9 Å². The third-order valence-corrected chi connectivity index (χ3v) is 5.63. The highest BCUT2D eigenvalue weighted by Gasteiger charge is 2.31. The summed E-state index contributed by atoms with van der Waals surface area (Å²) in [5, 5.41) is 9.37. The maximum atomic E-state index is 12.3. The molecule has 0 amide bonds. The summed E-state index contributed by atoms with van der Waals surface area (Å²) >= 11 is 3.86. The first-order valence-electron chi connectivity index (χ1n) is 8.80. The lowest BCUT2D eigenvalue weighted by molar-refractivity contribution is -0.274. The number of alkyl halides is 3. The predicted molar refractivity (Wildman–Crippen MR) is 108 cm³/mol. The normalized spacial score (nSPS) is 11.2. The number of hydrogen-bond donors (Lipinski definition) is 1. The molecule has 0 aliphatic carbocycles. The number of aromatic nitrogens is 1. The molecule has 0 unspecified atom stereocenters.